The zero-order valence-electron chi connectivity index (χ0n) is 22.2. The van der Waals surface area contributed by atoms with E-state index in [0.717, 1.165) is 0 Å². The average Bonchev–Trinajstić information content (AvgIpc) is 3.53. The van der Waals surface area contributed by atoms with Crippen molar-refractivity contribution in [2.45, 2.75) is 43.6 Å². The molecule has 8 N–H and O–H groups in total. The highest BCUT2D eigenvalue weighted by Gasteiger charge is 2.72. The van der Waals surface area contributed by atoms with E-state index in [1.807, 2.05) is 4.90 Å². The predicted molar refractivity (Wildman–Crippen MR) is 147 cm³/mol. The Kier molecular flexibility index (Phi) is 9.34. The minimum Gasteiger partial charge on any atom is -0.480 e. The summed E-state index contributed by atoms with van der Waals surface area (Å²) >= 11 is 0. The molecule has 220 valence electrons. The molecule has 4 aliphatic rings. The third-order valence-electron chi connectivity index (χ3n) is 7.51. The quantitative estimate of drug-likeness (QED) is 0.0556. The number of rotatable bonds is 15. The maximum absolute atomic E-state index is 13.7. The normalized spacial score (nSPS) is 27.3. The fourth-order valence-electron chi connectivity index (χ4n) is 5.57. The molecule has 4 rings (SSSR count). The van der Waals surface area contributed by atoms with Crippen LogP contribution in [0.4, 0.5) is 4.79 Å². The number of allylic oxidation sites excluding steroid dienone is 2. The Morgan fingerprint density at radius 3 is 2.58 bits per heavy atom. The Labute approximate surface area is 238 Å². The molecule has 2 amide bonds. The highest BCUT2D eigenvalue weighted by atomic mass is 33.1. The van der Waals surface area contributed by atoms with Gasteiger partial charge in [0.25, 0.3) is 0 Å². The predicted octanol–water partition coefficient (Wildman–Crippen LogP) is -1.33. The summed E-state index contributed by atoms with van der Waals surface area (Å²) in [5.74, 6) is -1.42. The van der Waals surface area contributed by atoms with Gasteiger partial charge in [-0.25, -0.2) is 4.79 Å². The number of carbonyl (C=O) groups excluding carboxylic acids is 4. The van der Waals surface area contributed by atoms with Crippen LogP contribution in [0.5, 0.6) is 0 Å². The first-order valence-corrected chi connectivity index (χ1v) is 15.3. The number of fused-ring (bicyclic) bond motifs is 4. The summed E-state index contributed by atoms with van der Waals surface area (Å²) in [7, 11) is 4.59. The van der Waals surface area contributed by atoms with E-state index < -0.39 is 29.7 Å². The van der Waals surface area contributed by atoms with Crippen LogP contribution in [-0.2, 0) is 28.7 Å². The number of carboxylic acids is 1. The average molecular weight is 599 g/mol. The van der Waals surface area contributed by atoms with Crippen molar-refractivity contribution in [1.29, 1.82) is 0 Å². The van der Waals surface area contributed by atoms with Crippen LogP contribution >= 0.6 is 21.6 Å². The number of aliphatic carboxylic acids is 1. The molecule has 4 unspecified atom stereocenters. The molecule has 2 saturated heterocycles. The molecule has 2 fully saturated rings. The van der Waals surface area contributed by atoms with E-state index in [9.17, 15) is 24.0 Å². The van der Waals surface area contributed by atoms with E-state index in [-0.39, 0.29) is 60.3 Å². The zero-order valence-corrected chi connectivity index (χ0v) is 23.8. The number of amides is 2. The molecule has 3 aliphatic heterocycles. The van der Waals surface area contributed by atoms with Crippen LogP contribution in [0.1, 0.15) is 19.8 Å². The summed E-state index contributed by atoms with van der Waals surface area (Å²) in [6, 6.07) is -1.04. The lowest BCUT2D eigenvalue weighted by Crippen LogP contribution is -2.55. The lowest BCUT2D eigenvalue weighted by atomic mass is 9.82. The number of ether oxygens (including phenoxy) is 2. The number of nitrogens with one attached hydrogen (secondary N) is 3. The topological polar surface area (TPSA) is 225 Å². The van der Waals surface area contributed by atoms with E-state index in [1.165, 1.54) is 28.7 Å². The van der Waals surface area contributed by atoms with Crippen LogP contribution in [0.25, 0.3) is 0 Å². The monoisotopic (exact) mass is 598 g/mol. The van der Waals surface area contributed by atoms with Gasteiger partial charge in [0.2, 0.25) is 17.5 Å². The SMILES string of the molecule is CO[C@@]12C(COC(N)=O)C3=C(C(=O)C(C)=C(NCCSSCCNC(=O)CCC(N)C(=O)O)C3=O)N1CC1NC12. The van der Waals surface area contributed by atoms with Gasteiger partial charge in [0.15, 0.2) is 5.72 Å². The third kappa shape index (κ3) is 5.68. The largest absolute Gasteiger partial charge is 0.480 e. The van der Waals surface area contributed by atoms with Gasteiger partial charge >= 0.3 is 12.1 Å². The summed E-state index contributed by atoms with van der Waals surface area (Å²) in [6.45, 7) is 2.77. The van der Waals surface area contributed by atoms with Crippen molar-refractivity contribution in [3.63, 3.8) is 0 Å². The van der Waals surface area contributed by atoms with Crippen LogP contribution in [-0.4, -0.2) is 108 Å². The Hall–Kier alpha value is -2.79. The number of methoxy groups -OCH3 is 1. The zero-order chi connectivity index (χ0) is 29.2. The lowest BCUT2D eigenvalue weighted by molar-refractivity contribution is -0.138. The molecule has 16 heteroatoms. The summed E-state index contributed by atoms with van der Waals surface area (Å²) in [4.78, 5) is 63.0. The first kappa shape index (κ1) is 30.2. The number of Topliss-reactive ketones (excluding diaryl/α,β-unsaturated/α-hetero) is 2. The molecule has 0 saturated carbocycles. The minimum absolute atomic E-state index is 0.0467. The van der Waals surface area contributed by atoms with Crippen molar-refractivity contribution in [3.05, 3.63) is 22.5 Å². The Morgan fingerprint density at radius 2 is 1.93 bits per heavy atom. The molecule has 5 atom stereocenters. The van der Waals surface area contributed by atoms with Gasteiger partial charge in [-0.3, -0.25) is 19.2 Å². The van der Waals surface area contributed by atoms with Gasteiger partial charge in [0.1, 0.15) is 12.6 Å². The Morgan fingerprint density at radius 1 is 1.23 bits per heavy atom. The third-order valence-corrected chi connectivity index (χ3v) is 9.91. The van der Waals surface area contributed by atoms with Gasteiger partial charge in [-0.15, -0.1) is 0 Å². The molecule has 0 aromatic rings. The van der Waals surface area contributed by atoms with Crippen molar-refractivity contribution in [3.8, 4) is 0 Å². The Bertz CT molecular complexity index is 1160. The summed E-state index contributed by atoms with van der Waals surface area (Å²) in [6.07, 6.45) is -0.850. The molecule has 0 spiro atoms. The van der Waals surface area contributed by atoms with Crippen molar-refractivity contribution >= 4 is 51.1 Å². The van der Waals surface area contributed by atoms with Crippen molar-refractivity contribution in [2.75, 3.05) is 44.9 Å². The summed E-state index contributed by atoms with van der Waals surface area (Å²) in [5, 5.41) is 17.9. The fourth-order valence-corrected chi connectivity index (χ4v) is 7.38. The summed E-state index contributed by atoms with van der Waals surface area (Å²) in [5.41, 5.74) is 10.7. The number of hydrogen-bond acceptors (Lipinski definition) is 13. The molecule has 0 aromatic carbocycles. The standard InChI is InChI=1S/C24H34N6O8S2/c1-11-17(28-6-8-40-39-7-5-27-15(31)4-3-13(25)22(34)35)20(33)16-12(10-38-23(26)36)24(37-2)21-14(29-21)9-30(24)18(16)19(11)32/h12-14,21,28-29H,3-10,25H2,1-2H3,(H2,26,36)(H,27,31)(H,34,35)/t12?,13?,14?,21?,24-/m1/s1. The van der Waals surface area contributed by atoms with E-state index >= 15 is 0 Å². The van der Waals surface area contributed by atoms with Crippen LogP contribution in [0.2, 0.25) is 0 Å². The highest BCUT2D eigenvalue weighted by molar-refractivity contribution is 8.76. The maximum atomic E-state index is 13.7. The first-order chi connectivity index (χ1) is 19.0. The molecule has 40 heavy (non-hydrogen) atoms. The van der Waals surface area contributed by atoms with Crippen LogP contribution in [0, 0.1) is 5.92 Å². The molecular weight excluding hydrogens is 564 g/mol. The Balaban J connectivity index is 1.28. The number of primary amides is 1. The van der Waals surface area contributed by atoms with E-state index in [1.54, 1.807) is 6.92 Å². The van der Waals surface area contributed by atoms with Gasteiger partial charge < -0.3 is 46.9 Å². The summed E-state index contributed by atoms with van der Waals surface area (Å²) < 4.78 is 11.1. The van der Waals surface area contributed by atoms with Gasteiger partial charge in [0, 0.05) is 61.9 Å². The van der Waals surface area contributed by atoms with E-state index in [2.05, 4.69) is 16.0 Å². The number of hydrogen-bond donors (Lipinski definition) is 6. The number of nitrogens with zero attached hydrogens (tertiary/aromatic N) is 1. The smallest absolute Gasteiger partial charge is 0.404 e. The molecule has 3 heterocycles. The van der Waals surface area contributed by atoms with Crippen molar-refractivity contribution in [2.24, 2.45) is 17.4 Å². The van der Waals surface area contributed by atoms with Gasteiger partial charge in [-0.05, 0) is 13.3 Å². The molecular formula is C24H34N6O8S2. The molecule has 1 aliphatic carbocycles. The van der Waals surface area contributed by atoms with Crippen LogP contribution < -0.4 is 27.4 Å². The second-order valence-electron chi connectivity index (χ2n) is 9.82. The minimum atomic E-state index is -1.14. The second kappa shape index (κ2) is 12.4. The highest BCUT2D eigenvalue weighted by Crippen LogP contribution is 2.55. The van der Waals surface area contributed by atoms with E-state index in [0.29, 0.717) is 42.4 Å². The van der Waals surface area contributed by atoms with Crippen LogP contribution in [0.15, 0.2) is 22.5 Å². The first-order valence-electron chi connectivity index (χ1n) is 12.8. The van der Waals surface area contributed by atoms with Gasteiger partial charge in [-0.2, -0.15) is 0 Å². The van der Waals surface area contributed by atoms with Crippen LogP contribution in [0.3, 0.4) is 0 Å². The number of piperazine rings is 1. The van der Waals surface area contributed by atoms with Crippen molar-refractivity contribution in [1.82, 2.24) is 20.9 Å². The van der Waals surface area contributed by atoms with Gasteiger partial charge in [-0.1, -0.05) is 21.6 Å². The molecule has 0 aromatic heterocycles. The molecule has 14 nitrogen and oxygen atoms in total. The van der Waals surface area contributed by atoms with Crippen molar-refractivity contribution < 1.29 is 38.6 Å². The fraction of sp³-hybridized carbons (Fsp3) is 0.625. The second-order valence-corrected chi connectivity index (χ2v) is 12.5. The number of ketones is 2. The molecule has 0 bridgehead atoms. The maximum Gasteiger partial charge on any atom is 0.404 e. The van der Waals surface area contributed by atoms with E-state index in [4.69, 9.17) is 26.0 Å². The number of nitrogens with two attached hydrogens (primary N) is 2. The van der Waals surface area contributed by atoms with Gasteiger partial charge in [0.05, 0.1) is 23.4 Å². The molecule has 0 radical (unpaired) electrons. The lowest BCUT2D eigenvalue weighted by Gasteiger charge is -2.39. The number of carboxylic acid groups (broad SMARTS) is 1. The number of carbonyl (C=O) groups is 5.